The Morgan fingerprint density at radius 3 is 2.09 bits per heavy atom. The number of halogens is 1. The van der Waals surface area contributed by atoms with Gasteiger partial charge in [-0.2, -0.15) is 0 Å². The van der Waals surface area contributed by atoms with Crippen molar-refractivity contribution < 1.29 is 23.6 Å². The average Bonchev–Trinajstić information content (AvgIpc) is 3.06. The van der Waals surface area contributed by atoms with E-state index in [0.717, 1.165) is 22.3 Å². The van der Waals surface area contributed by atoms with Crippen molar-refractivity contribution in [3.8, 4) is 11.1 Å². The molecule has 1 aliphatic rings. The predicted octanol–water partition coefficient (Wildman–Crippen LogP) is 4.04. The highest BCUT2D eigenvalue weighted by Crippen LogP contribution is 2.23. The predicted molar refractivity (Wildman–Crippen MR) is 180 cm³/mol. The molecule has 10 heteroatoms. The SMILES string of the molecule is CN[C@@H](C)C(=O)N[C@H](C(=O)NCC(=O)N1C=CN(CCc2ccc(F)cc2)C(=O)[C@@H]1Cc1ccc(-c2ccccc2)cc1)C(C)(C)C. The van der Waals surface area contributed by atoms with Crippen molar-refractivity contribution >= 4 is 23.6 Å². The Bertz CT molecular complexity index is 1570. The maximum Gasteiger partial charge on any atom is 0.250 e. The molecule has 3 aromatic rings. The zero-order valence-electron chi connectivity index (χ0n) is 27.6. The summed E-state index contributed by atoms with van der Waals surface area (Å²) in [7, 11) is 1.65. The van der Waals surface area contributed by atoms with Crippen molar-refractivity contribution in [2.45, 2.75) is 58.7 Å². The minimum Gasteiger partial charge on any atom is -0.345 e. The summed E-state index contributed by atoms with van der Waals surface area (Å²) in [5.41, 5.74) is 3.22. The second-order valence-electron chi connectivity index (χ2n) is 12.8. The summed E-state index contributed by atoms with van der Waals surface area (Å²) in [5.74, 6) is -1.88. The van der Waals surface area contributed by atoms with E-state index in [0.29, 0.717) is 13.0 Å². The first kappa shape index (κ1) is 35.0. The van der Waals surface area contributed by atoms with Crippen molar-refractivity contribution in [3.05, 3.63) is 108 Å². The van der Waals surface area contributed by atoms with Crippen LogP contribution in [0, 0.1) is 11.2 Å². The molecule has 0 spiro atoms. The molecule has 0 saturated heterocycles. The molecule has 4 rings (SSSR count). The van der Waals surface area contributed by atoms with Crippen molar-refractivity contribution in [2.24, 2.45) is 5.41 Å². The molecule has 3 atom stereocenters. The summed E-state index contributed by atoms with van der Waals surface area (Å²) in [4.78, 5) is 56.3. The van der Waals surface area contributed by atoms with Gasteiger partial charge in [-0.1, -0.05) is 87.5 Å². The molecule has 0 aliphatic carbocycles. The first-order chi connectivity index (χ1) is 22.4. The second-order valence-corrected chi connectivity index (χ2v) is 12.8. The fourth-order valence-electron chi connectivity index (χ4n) is 5.28. The van der Waals surface area contributed by atoms with Gasteiger partial charge in [0.05, 0.1) is 12.6 Å². The van der Waals surface area contributed by atoms with Crippen molar-refractivity contribution in [3.63, 3.8) is 0 Å². The van der Waals surface area contributed by atoms with Crippen LogP contribution in [0.4, 0.5) is 4.39 Å². The van der Waals surface area contributed by atoms with Crippen LogP contribution in [0.2, 0.25) is 0 Å². The number of hydrogen-bond donors (Lipinski definition) is 3. The van der Waals surface area contributed by atoms with E-state index in [1.807, 2.05) is 75.4 Å². The summed E-state index contributed by atoms with van der Waals surface area (Å²) in [6.07, 6.45) is 3.90. The quantitative estimate of drug-likeness (QED) is 0.277. The van der Waals surface area contributed by atoms with E-state index in [4.69, 9.17) is 0 Å². The van der Waals surface area contributed by atoms with E-state index >= 15 is 0 Å². The number of benzene rings is 3. The molecule has 0 aromatic heterocycles. The number of hydrogen-bond acceptors (Lipinski definition) is 5. The average molecular weight is 642 g/mol. The molecule has 47 heavy (non-hydrogen) atoms. The number of rotatable bonds is 12. The lowest BCUT2D eigenvalue weighted by atomic mass is 9.86. The Labute approximate surface area is 276 Å². The highest BCUT2D eigenvalue weighted by Gasteiger charge is 2.37. The molecular weight excluding hydrogens is 597 g/mol. The van der Waals surface area contributed by atoms with Crippen LogP contribution in [0.5, 0.6) is 0 Å². The molecule has 9 nitrogen and oxygen atoms in total. The summed E-state index contributed by atoms with van der Waals surface area (Å²) in [6, 6.07) is 21.7. The van der Waals surface area contributed by atoms with Crippen LogP contribution in [0.1, 0.15) is 38.8 Å². The van der Waals surface area contributed by atoms with Gasteiger partial charge in [0, 0.05) is 25.4 Å². The van der Waals surface area contributed by atoms with Gasteiger partial charge in [0.1, 0.15) is 17.9 Å². The Morgan fingerprint density at radius 2 is 1.47 bits per heavy atom. The van der Waals surface area contributed by atoms with Gasteiger partial charge in [0.25, 0.3) is 0 Å². The van der Waals surface area contributed by atoms with Crippen molar-refractivity contribution in [1.82, 2.24) is 25.8 Å². The molecule has 4 amide bonds. The smallest absolute Gasteiger partial charge is 0.250 e. The fourth-order valence-corrected chi connectivity index (χ4v) is 5.28. The number of carbonyl (C=O) groups is 4. The summed E-state index contributed by atoms with van der Waals surface area (Å²) in [6.45, 7) is 7.16. The Hall–Kier alpha value is -4.83. The lowest BCUT2D eigenvalue weighted by Gasteiger charge is -2.36. The Morgan fingerprint density at radius 1 is 0.851 bits per heavy atom. The number of amides is 4. The maximum absolute atomic E-state index is 13.9. The standard InChI is InChI=1S/C37H44FN5O4/c1-25(39-5)34(45)41-33(37(2,3)4)35(46)40-24-32(44)43-22-21-42(20-19-26-13-17-30(38)18-14-26)36(47)31(43)23-27-11-15-29(16-12-27)28-9-7-6-8-10-28/h6-18,21-22,25,31,33,39H,19-20,23-24H2,1-5H3,(H,40,46)(H,41,45)/t25-,31-,33+/m0/s1. The van der Waals surface area contributed by atoms with Crippen LogP contribution in [0.15, 0.2) is 91.3 Å². The Balaban J connectivity index is 1.51. The minimum atomic E-state index is -0.891. The van der Waals surface area contributed by atoms with Gasteiger partial charge >= 0.3 is 0 Å². The van der Waals surface area contributed by atoms with Crippen molar-refractivity contribution in [1.29, 1.82) is 0 Å². The van der Waals surface area contributed by atoms with Gasteiger partial charge < -0.3 is 25.8 Å². The molecular formula is C37H44FN5O4. The highest BCUT2D eigenvalue weighted by atomic mass is 19.1. The molecule has 0 fully saturated rings. The zero-order valence-corrected chi connectivity index (χ0v) is 27.6. The highest BCUT2D eigenvalue weighted by molar-refractivity contribution is 5.94. The summed E-state index contributed by atoms with van der Waals surface area (Å²) < 4.78 is 13.4. The normalized spacial score (nSPS) is 16.0. The minimum absolute atomic E-state index is 0.257. The lowest BCUT2D eigenvalue weighted by Crippen LogP contribution is -2.58. The van der Waals surface area contributed by atoms with E-state index in [9.17, 15) is 23.6 Å². The second kappa shape index (κ2) is 15.6. The van der Waals surface area contributed by atoms with Gasteiger partial charge in [0.15, 0.2) is 0 Å². The third-order valence-electron chi connectivity index (χ3n) is 8.30. The number of carbonyl (C=O) groups excluding carboxylic acids is 4. The molecule has 0 bridgehead atoms. The maximum atomic E-state index is 13.9. The largest absolute Gasteiger partial charge is 0.345 e. The zero-order chi connectivity index (χ0) is 34.1. The molecule has 0 saturated carbocycles. The van der Waals surface area contributed by atoms with Crippen LogP contribution in [-0.2, 0) is 32.0 Å². The monoisotopic (exact) mass is 641 g/mol. The number of likely N-dealkylation sites (N-methyl/N-ethyl adjacent to an activating group) is 1. The van der Waals surface area contributed by atoms with E-state index < -0.39 is 35.4 Å². The van der Waals surface area contributed by atoms with Gasteiger partial charge in [-0.15, -0.1) is 0 Å². The number of nitrogens with one attached hydrogen (secondary N) is 3. The van der Waals surface area contributed by atoms with Crippen LogP contribution in [0.3, 0.4) is 0 Å². The summed E-state index contributed by atoms with van der Waals surface area (Å²) in [5, 5.41) is 8.31. The van der Waals surface area contributed by atoms with Gasteiger partial charge in [-0.25, -0.2) is 4.39 Å². The molecule has 248 valence electrons. The Kier molecular flexibility index (Phi) is 11.7. The van der Waals surface area contributed by atoms with Crippen LogP contribution in [-0.4, -0.2) is 71.7 Å². The van der Waals surface area contributed by atoms with Crippen LogP contribution < -0.4 is 16.0 Å². The van der Waals surface area contributed by atoms with Crippen molar-refractivity contribution in [2.75, 3.05) is 20.1 Å². The van der Waals surface area contributed by atoms with Gasteiger partial charge in [-0.05, 0) is 60.2 Å². The van der Waals surface area contributed by atoms with Crippen LogP contribution >= 0.6 is 0 Å². The van der Waals surface area contributed by atoms with E-state index in [-0.39, 0.29) is 30.6 Å². The van der Waals surface area contributed by atoms with Crippen LogP contribution in [0.25, 0.3) is 11.1 Å². The van der Waals surface area contributed by atoms with Gasteiger partial charge in [-0.3, -0.25) is 19.2 Å². The molecule has 0 radical (unpaired) electrons. The first-order valence-corrected chi connectivity index (χ1v) is 15.8. The molecule has 0 unspecified atom stereocenters. The fraction of sp³-hybridized carbons (Fsp3) is 0.351. The molecule has 3 N–H and O–H groups in total. The summed E-state index contributed by atoms with van der Waals surface area (Å²) >= 11 is 0. The van der Waals surface area contributed by atoms with E-state index in [1.54, 1.807) is 43.4 Å². The van der Waals surface area contributed by atoms with E-state index in [2.05, 4.69) is 16.0 Å². The third-order valence-corrected chi connectivity index (χ3v) is 8.30. The van der Waals surface area contributed by atoms with Gasteiger partial charge in [0.2, 0.25) is 23.6 Å². The first-order valence-electron chi connectivity index (χ1n) is 15.8. The molecule has 3 aromatic carbocycles. The molecule has 1 aliphatic heterocycles. The van der Waals surface area contributed by atoms with E-state index in [1.165, 1.54) is 17.0 Å². The number of nitrogens with zero attached hydrogens (tertiary/aromatic N) is 2. The lowest BCUT2D eigenvalue weighted by molar-refractivity contribution is -0.143. The molecule has 1 heterocycles. The third kappa shape index (κ3) is 9.36. The topological polar surface area (TPSA) is 111 Å².